The highest BCUT2D eigenvalue weighted by atomic mass is 35.5. The predicted octanol–water partition coefficient (Wildman–Crippen LogP) is 3.27. The number of unbranched alkanes of at least 4 members (excludes halogenated alkanes) is 1. The molecule has 0 amide bonds. The minimum Gasteiger partial charge on any atom is -0.384 e. The van der Waals surface area contributed by atoms with E-state index in [0.717, 1.165) is 55.9 Å². The highest BCUT2D eigenvalue weighted by Gasteiger charge is 2.22. The maximum absolute atomic E-state index is 14.4. The summed E-state index contributed by atoms with van der Waals surface area (Å²) in [5.74, 6) is -0.869. The van der Waals surface area contributed by atoms with Gasteiger partial charge in [0.25, 0.3) is 10.0 Å². The first-order valence-corrected chi connectivity index (χ1v) is 12.3. The van der Waals surface area contributed by atoms with Gasteiger partial charge in [-0.2, -0.15) is 0 Å². The first-order chi connectivity index (χ1) is 14.0. The van der Waals surface area contributed by atoms with Crippen molar-refractivity contribution in [3.8, 4) is 0 Å². The van der Waals surface area contributed by atoms with Crippen LogP contribution in [0.4, 0.5) is 15.2 Å². The number of nitrogens with zero attached hydrogens (tertiary/aromatic N) is 1. The molecule has 0 radical (unpaired) electrons. The van der Waals surface area contributed by atoms with Gasteiger partial charge < -0.3 is 16.0 Å². The van der Waals surface area contributed by atoms with Crippen molar-refractivity contribution in [1.29, 1.82) is 0 Å². The number of rotatable bonds is 11. The second kappa shape index (κ2) is 10.5. The van der Waals surface area contributed by atoms with Crippen LogP contribution in [0.1, 0.15) is 25.7 Å². The third kappa shape index (κ3) is 6.51. The molecule has 1 aromatic carbocycles. The number of thiazole rings is 1. The molecule has 1 atom stereocenters. The molecule has 1 unspecified atom stereocenters. The number of nitrogens with one attached hydrogen (secondary N) is 4. The first kappa shape index (κ1) is 22.2. The van der Waals surface area contributed by atoms with E-state index in [-0.39, 0.29) is 10.2 Å². The summed E-state index contributed by atoms with van der Waals surface area (Å²) in [4.78, 5) is 3.34. The largest absolute Gasteiger partial charge is 0.384 e. The lowest BCUT2D eigenvalue weighted by Gasteiger charge is -2.13. The number of halogens is 2. The SMILES string of the molecule is O=S(=O)(Nc1nccs1)c1cc(Cl)c(NCCCCNCC2CCCN2)cc1F. The molecule has 1 fully saturated rings. The van der Waals surface area contributed by atoms with Gasteiger partial charge in [0.2, 0.25) is 0 Å². The van der Waals surface area contributed by atoms with E-state index in [4.69, 9.17) is 11.6 Å². The smallest absolute Gasteiger partial charge is 0.266 e. The third-order valence-corrected chi connectivity index (χ3v) is 7.10. The molecule has 4 N–H and O–H groups in total. The van der Waals surface area contributed by atoms with Crippen molar-refractivity contribution in [3.05, 3.63) is 34.5 Å². The lowest BCUT2D eigenvalue weighted by molar-refractivity contribution is 0.526. The van der Waals surface area contributed by atoms with Gasteiger partial charge >= 0.3 is 0 Å². The average molecular weight is 462 g/mol. The Morgan fingerprint density at radius 3 is 2.86 bits per heavy atom. The Labute approximate surface area is 179 Å². The zero-order chi connectivity index (χ0) is 20.7. The summed E-state index contributed by atoms with van der Waals surface area (Å²) in [7, 11) is -4.10. The average Bonchev–Trinajstić information content (AvgIpc) is 3.37. The van der Waals surface area contributed by atoms with Gasteiger partial charge in [-0.05, 0) is 50.9 Å². The van der Waals surface area contributed by atoms with Crippen molar-refractivity contribution in [3.63, 3.8) is 0 Å². The molecule has 0 aliphatic carbocycles. The summed E-state index contributed by atoms with van der Waals surface area (Å²) in [6, 6.07) is 2.81. The van der Waals surface area contributed by atoms with Crippen LogP contribution in [0, 0.1) is 5.82 Å². The van der Waals surface area contributed by atoms with E-state index >= 15 is 0 Å². The van der Waals surface area contributed by atoms with E-state index in [1.165, 1.54) is 19.0 Å². The van der Waals surface area contributed by atoms with Crippen molar-refractivity contribution in [2.45, 2.75) is 36.6 Å². The van der Waals surface area contributed by atoms with Crippen molar-refractivity contribution >= 4 is 43.8 Å². The van der Waals surface area contributed by atoms with Gasteiger partial charge in [0, 0.05) is 30.7 Å². The van der Waals surface area contributed by atoms with Crippen LogP contribution in [-0.4, -0.2) is 45.6 Å². The highest BCUT2D eigenvalue weighted by molar-refractivity contribution is 7.93. The number of sulfonamides is 1. The summed E-state index contributed by atoms with van der Waals surface area (Å²) in [6.45, 7) is 3.62. The summed E-state index contributed by atoms with van der Waals surface area (Å²) in [5.41, 5.74) is 0.375. The lowest BCUT2D eigenvalue weighted by Crippen LogP contribution is -2.34. The molecule has 160 valence electrons. The Morgan fingerprint density at radius 1 is 1.31 bits per heavy atom. The second-order valence-corrected chi connectivity index (χ2v) is 9.79. The number of anilines is 2. The molecule has 1 saturated heterocycles. The van der Waals surface area contributed by atoms with Gasteiger partial charge in [0.1, 0.15) is 10.7 Å². The van der Waals surface area contributed by atoms with Crippen molar-refractivity contribution < 1.29 is 12.8 Å². The molecule has 0 saturated carbocycles. The van der Waals surface area contributed by atoms with Crippen LogP contribution in [0.15, 0.2) is 28.6 Å². The van der Waals surface area contributed by atoms with Crippen LogP contribution in [0.5, 0.6) is 0 Å². The van der Waals surface area contributed by atoms with Crippen molar-refractivity contribution in [1.82, 2.24) is 15.6 Å². The van der Waals surface area contributed by atoms with E-state index in [2.05, 4.69) is 25.7 Å². The van der Waals surface area contributed by atoms with E-state index in [9.17, 15) is 12.8 Å². The zero-order valence-corrected chi connectivity index (χ0v) is 18.3. The fourth-order valence-electron chi connectivity index (χ4n) is 3.12. The van der Waals surface area contributed by atoms with Crippen LogP contribution >= 0.6 is 22.9 Å². The van der Waals surface area contributed by atoms with Crippen LogP contribution < -0.4 is 20.7 Å². The molecule has 7 nitrogen and oxygen atoms in total. The predicted molar refractivity (Wildman–Crippen MR) is 116 cm³/mol. The lowest BCUT2D eigenvalue weighted by atomic mass is 10.2. The molecule has 2 heterocycles. The van der Waals surface area contributed by atoms with E-state index in [1.54, 1.807) is 5.38 Å². The zero-order valence-electron chi connectivity index (χ0n) is 15.9. The van der Waals surface area contributed by atoms with Crippen molar-refractivity contribution in [2.75, 3.05) is 36.2 Å². The Bertz CT molecular complexity index is 890. The molecule has 11 heteroatoms. The van der Waals surface area contributed by atoms with E-state index in [0.29, 0.717) is 18.3 Å². The topological polar surface area (TPSA) is 95.2 Å². The Hall–Kier alpha value is -1.46. The van der Waals surface area contributed by atoms with Gasteiger partial charge in [0.15, 0.2) is 5.13 Å². The summed E-state index contributed by atoms with van der Waals surface area (Å²) < 4.78 is 41.4. The molecule has 0 spiro atoms. The molecule has 2 aromatic rings. The fraction of sp³-hybridized carbons (Fsp3) is 0.500. The van der Waals surface area contributed by atoms with Gasteiger partial charge in [-0.3, -0.25) is 4.72 Å². The van der Waals surface area contributed by atoms with Crippen molar-refractivity contribution in [2.24, 2.45) is 0 Å². The minimum atomic E-state index is -4.10. The number of aromatic nitrogens is 1. The maximum atomic E-state index is 14.4. The summed E-state index contributed by atoms with van der Waals surface area (Å²) >= 11 is 7.28. The number of hydrogen-bond donors (Lipinski definition) is 4. The Kier molecular flexibility index (Phi) is 8.07. The molecule has 29 heavy (non-hydrogen) atoms. The van der Waals surface area contributed by atoms with Crippen LogP contribution in [0.3, 0.4) is 0 Å². The van der Waals surface area contributed by atoms with Gasteiger partial charge in [-0.1, -0.05) is 11.6 Å². The first-order valence-electron chi connectivity index (χ1n) is 9.55. The van der Waals surface area contributed by atoms with E-state index < -0.39 is 20.7 Å². The Morgan fingerprint density at radius 2 is 2.14 bits per heavy atom. The maximum Gasteiger partial charge on any atom is 0.266 e. The van der Waals surface area contributed by atoms with Crippen LogP contribution in [0.2, 0.25) is 5.02 Å². The molecule has 1 aliphatic rings. The number of benzene rings is 1. The minimum absolute atomic E-state index is 0.149. The molecule has 0 bridgehead atoms. The molecule has 1 aromatic heterocycles. The third-order valence-electron chi connectivity index (χ3n) is 4.61. The molecule has 1 aliphatic heterocycles. The molecule has 3 rings (SSSR count). The quantitative estimate of drug-likeness (QED) is 0.384. The van der Waals surface area contributed by atoms with Gasteiger partial charge in [-0.25, -0.2) is 17.8 Å². The second-order valence-electron chi connectivity index (χ2n) is 6.84. The molecular weight excluding hydrogens is 437 g/mol. The fourth-order valence-corrected chi connectivity index (χ4v) is 5.29. The van der Waals surface area contributed by atoms with E-state index in [1.807, 2.05) is 0 Å². The highest BCUT2D eigenvalue weighted by Crippen LogP contribution is 2.29. The normalized spacial score (nSPS) is 16.8. The van der Waals surface area contributed by atoms with Gasteiger partial charge in [0.05, 0.1) is 10.7 Å². The van der Waals surface area contributed by atoms with Gasteiger partial charge in [-0.15, -0.1) is 11.3 Å². The summed E-state index contributed by atoms with van der Waals surface area (Å²) in [6.07, 6.45) is 5.79. The number of hydrogen-bond acceptors (Lipinski definition) is 7. The standard InChI is InChI=1S/C18H25ClFN5O2S2/c19-14-10-17(29(26,27)25-18-24-8-9-28-18)15(20)11-16(14)23-6-2-1-5-21-12-13-4-3-7-22-13/h8-11,13,21-23H,1-7,12H2,(H,24,25). The Balaban J connectivity index is 1.46. The van der Waals surface area contributed by atoms with Crippen LogP contribution in [0.25, 0.3) is 0 Å². The van der Waals surface area contributed by atoms with Crippen LogP contribution in [-0.2, 0) is 10.0 Å². The monoisotopic (exact) mass is 461 g/mol. The summed E-state index contributed by atoms with van der Waals surface area (Å²) in [5, 5.41) is 11.9. The molecular formula is C18H25ClFN5O2S2.